The first-order valence-corrected chi connectivity index (χ1v) is 4.64. The maximum Gasteiger partial charge on any atom is 0.125 e. The van der Waals surface area contributed by atoms with Gasteiger partial charge in [-0.15, -0.1) is 0 Å². The summed E-state index contributed by atoms with van der Waals surface area (Å²) in [7, 11) is 0. The molecule has 1 aromatic rings. The fraction of sp³-hybridized carbons (Fsp3) is 0.273. The first-order valence-electron chi connectivity index (χ1n) is 4.26. The van der Waals surface area contributed by atoms with Gasteiger partial charge in [-0.1, -0.05) is 30.2 Å². The van der Waals surface area contributed by atoms with Crippen molar-refractivity contribution in [2.24, 2.45) is 0 Å². The predicted molar refractivity (Wildman–Crippen MR) is 53.5 cm³/mol. The number of benzene rings is 1. The molecule has 2 rings (SSSR count). The van der Waals surface area contributed by atoms with Gasteiger partial charge < -0.3 is 0 Å². The molecule has 1 atom stereocenters. The molecule has 0 saturated heterocycles. The predicted octanol–water partition coefficient (Wildman–Crippen LogP) is 4.00. The third-order valence-corrected chi connectivity index (χ3v) is 2.96. The van der Waals surface area contributed by atoms with Gasteiger partial charge in [0.05, 0.1) is 5.02 Å². The lowest BCUT2D eigenvalue weighted by atomic mass is 9.99. The zero-order valence-electron chi connectivity index (χ0n) is 7.57. The fourth-order valence-corrected chi connectivity index (χ4v) is 1.98. The summed E-state index contributed by atoms with van der Waals surface area (Å²) in [6.45, 7) is 4.10. The normalized spacial score (nSPS) is 20.0. The summed E-state index contributed by atoms with van der Waals surface area (Å²) in [5, 5.41) is 0.513. The van der Waals surface area contributed by atoms with E-state index in [1.165, 1.54) is 11.6 Å². The molecule has 0 aromatic heterocycles. The zero-order valence-corrected chi connectivity index (χ0v) is 8.32. The Hall–Kier alpha value is -0.820. The molecular weight excluding hydrogens is 187 g/mol. The zero-order chi connectivity index (χ0) is 9.59. The highest BCUT2D eigenvalue weighted by atomic mass is 35.5. The minimum atomic E-state index is -0.251. The van der Waals surface area contributed by atoms with Crippen molar-refractivity contribution in [3.8, 4) is 0 Å². The first kappa shape index (κ1) is 8.76. The highest BCUT2D eigenvalue weighted by Gasteiger charge is 2.21. The van der Waals surface area contributed by atoms with Crippen LogP contribution in [0.1, 0.15) is 30.9 Å². The van der Waals surface area contributed by atoms with E-state index in [0.717, 1.165) is 11.1 Å². The van der Waals surface area contributed by atoms with Crippen LogP contribution in [0.5, 0.6) is 0 Å². The molecule has 68 valence electrons. The fourth-order valence-electron chi connectivity index (χ4n) is 1.71. The number of allylic oxidation sites excluding steroid dienone is 1. The van der Waals surface area contributed by atoms with E-state index in [1.807, 2.05) is 13.0 Å². The average molecular weight is 197 g/mol. The third-order valence-electron chi connectivity index (χ3n) is 2.65. The van der Waals surface area contributed by atoms with Gasteiger partial charge in [-0.2, -0.15) is 0 Å². The lowest BCUT2D eigenvalue weighted by Gasteiger charge is -2.07. The van der Waals surface area contributed by atoms with Crippen LogP contribution in [-0.2, 0) is 0 Å². The maximum absolute atomic E-state index is 13.0. The summed E-state index contributed by atoms with van der Waals surface area (Å²) >= 11 is 5.92. The highest BCUT2D eigenvalue weighted by molar-refractivity contribution is 6.32. The van der Waals surface area contributed by atoms with E-state index in [0.29, 0.717) is 10.9 Å². The van der Waals surface area contributed by atoms with Gasteiger partial charge >= 0.3 is 0 Å². The van der Waals surface area contributed by atoms with Crippen molar-refractivity contribution in [1.82, 2.24) is 0 Å². The number of fused-ring (bicyclic) bond motifs is 1. The van der Waals surface area contributed by atoms with Crippen LogP contribution in [0.3, 0.4) is 0 Å². The van der Waals surface area contributed by atoms with Gasteiger partial charge in [-0.25, -0.2) is 4.39 Å². The molecule has 0 fully saturated rings. The van der Waals surface area contributed by atoms with Gasteiger partial charge in [-0.3, -0.25) is 0 Å². The Morgan fingerprint density at radius 3 is 2.77 bits per heavy atom. The third kappa shape index (κ3) is 1.28. The highest BCUT2D eigenvalue weighted by Crippen LogP contribution is 2.39. The van der Waals surface area contributed by atoms with E-state index < -0.39 is 0 Å². The number of rotatable bonds is 0. The molecule has 0 amide bonds. The lowest BCUT2D eigenvalue weighted by Crippen LogP contribution is -1.92. The molecule has 1 aromatic carbocycles. The van der Waals surface area contributed by atoms with Crippen LogP contribution in [-0.4, -0.2) is 0 Å². The molecule has 0 N–H and O–H groups in total. The average Bonchev–Trinajstić information content (AvgIpc) is 2.32. The van der Waals surface area contributed by atoms with Gasteiger partial charge in [0.1, 0.15) is 5.82 Å². The van der Waals surface area contributed by atoms with Gasteiger partial charge in [0.2, 0.25) is 0 Å². The van der Waals surface area contributed by atoms with Crippen molar-refractivity contribution in [3.63, 3.8) is 0 Å². The molecule has 0 bridgehead atoms. The van der Waals surface area contributed by atoms with Crippen molar-refractivity contribution in [2.75, 3.05) is 0 Å². The molecule has 0 spiro atoms. The van der Waals surface area contributed by atoms with E-state index in [-0.39, 0.29) is 5.82 Å². The van der Waals surface area contributed by atoms with Crippen LogP contribution in [0.15, 0.2) is 17.7 Å². The van der Waals surface area contributed by atoms with Crippen LogP contribution in [0.25, 0.3) is 6.08 Å². The van der Waals surface area contributed by atoms with Crippen LogP contribution >= 0.6 is 11.6 Å². The Bertz CT molecular complexity index is 393. The molecule has 1 aliphatic carbocycles. The second kappa shape index (κ2) is 2.85. The lowest BCUT2D eigenvalue weighted by molar-refractivity contribution is 0.624. The number of halogens is 2. The van der Waals surface area contributed by atoms with Crippen LogP contribution in [0.4, 0.5) is 4.39 Å². The van der Waals surface area contributed by atoms with Crippen molar-refractivity contribution in [1.29, 1.82) is 0 Å². The van der Waals surface area contributed by atoms with Gasteiger partial charge in [0, 0.05) is 5.92 Å². The smallest absolute Gasteiger partial charge is 0.125 e. The van der Waals surface area contributed by atoms with E-state index in [9.17, 15) is 4.39 Å². The minimum Gasteiger partial charge on any atom is -0.207 e. The molecule has 0 nitrogen and oxygen atoms in total. The Morgan fingerprint density at radius 1 is 1.38 bits per heavy atom. The van der Waals surface area contributed by atoms with Gasteiger partial charge in [0.15, 0.2) is 0 Å². The topological polar surface area (TPSA) is 0 Å². The molecule has 0 radical (unpaired) electrons. The van der Waals surface area contributed by atoms with E-state index in [1.54, 1.807) is 6.07 Å². The summed E-state index contributed by atoms with van der Waals surface area (Å²) in [5.41, 5.74) is 3.22. The SMILES string of the molecule is CC1=Cc2c(Cl)cc(F)cc2C1C. The monoisotopic (exact) mass is 196 g/mol. The molecular formula is C11H10ClF. The van der Waals surface area contributed by atoms with Gasteiger partial charge in [-0.05, 0) is 30.2 Å². The first-order chi connectivity index (χ1) is 6.09. The summed E-state index contributed by atoms with van der Waals surface area (Å²) in [6.07, 6.45) is 2.03. The minimum absolute atomic E-state index is 0.251. The molecule has 0 aliphatic heterocycles. The van der Waals surface area contributed by atoms with E-state index in [4.69, 9.17) is 11.6 Å². The molecule has 1 aliphatic rings. The standard InChI is InChI=1S/C11H10ClF/c1-6-3-10-9(7(6)2)4-8(13)5-11(10)12/h3-5,7H,1-2H3. The molecule has 0 heterocycles. The Morgan fingerprint density at radius 2 is 2.08 bits per heavy atom. The molecule has 13 heavy (non-hydrogen) atoms. The second-order valence-electron chi connectivity index (χ2n) is 3.50. The summed E-state index contributed by atoms with van der Waals surface area (Å²) in [5.74, 6) is 0.0434. The number of hydrogen-bond donors (Lipinski definition) is 0. The quantitative estimate of drug-likeness (QED) is 0.589. The summed E-state index contributed by atoms with van der Waals surface area (Å²) in [6, 6.07) is 2.93. The Kier molecular flexibility index (Phi) is 1.92. The van der Waals surface area contributed by atoms with Gasteiger partial charge in [0.25, 0.3) is 0 Å². The molecule has 0 saturated carbocycles. The van der Waals surface area contributed by atoms with E-state index >= 15 is 0 Å². The summed E-state index contributed by atoms with van der Waals surface area (Å²) < 4.78 is 13.0. The van der Waals surface area contributed by atoms with Crippen molar-refractivity contribution < 1.29 is 4.39 Å². The number of hydrogen-bond acceptors (Lipinski definition) is 0. The van der Waals surface area contributed by atoms with Crippen LogP contribution in [0.2, 0.25) is 5.02 Å². The maximum atomic E-state index is 13.0. The van der Waals surface area contributed by atoms with Crippen molar-refractivity contribution >= 4 is 17.7 Å². The summed E-state index contributed by atoms with van der Waals surface area (Å²) in [4.78, 5) is 0. The molecule has 1 unspecified atom stereocenters. The largest absolute Gasteiger partial charge is 0.207 e. The van der Waals surface area contributed by atoms with E-state index in [2.05, 4.69) is 6.92 Å². The Balaban J connectivity index is 2.66. The Labute approximate surface area is 82.0 Å². The van der Waals surface area contributed by atoms with Crippen LogP contribution < -0.4 is 0 Å². The van der Waals surface area contributed by atoms with Crippen LogP contribution in [0, 0.1) is 5.82 Å². The van der Waals surface area contributed by atoms with Crippen molar-refractivity contribution in [3.05, 3.63) is 39.7 Å². The molecule has 2 heteroatoms. The second-order valence-corrected chi connectivity index (χ2v) is 3.91. The van der Waals surface area contributed by atoms with Crippen molar-refractivity contribution in [2.45, 2.75) is 19.8 Å².